The van der Waals surface area contributed by atoms with Crippen LogP contribution in [0, 0.1) is 0 Å². The Labute approximate surface area is 63.7 Å². The first kappa shape index (κ1) is 6.15. The van der Waals surface area contributed by atoms with Crippen LogP contribution in [-0.2, 0) is 7.05 Å². The van der Waals surface area contributed by atoms with Crippen LogP contribution in [-0.4, -0.2) is 14.5 Å². The van der Waals surface area contributed by atoms with Gasteiger partial charge in [-0.1, -0.05) is 0 Å². The second kappa shape index (κ2) is 1.95. The number of pyridine rings is 1. The minimum Gasteiger partial charge on any atom is -0.396 e. The minimum atomic E-state index is 0.628. The second-order valence-electron chi connectivity index (χ2n) is 2.45. The van der Waals surface area contributed by atoms with Crippen LogP contribution >= 0.6 is 0 Å². The Balaban J connectivity index is 2.94. The zero-order chi connectivity index (χ0) is 7.84. The minimum absolute atomic E-state index is 0.628. The number of nitrogens with zero attached hydrogens (tertiary/aromatic N) is 3. The number of anilines is 1. The molecule has 2 heterocycles. The fraction of sp³-hybridized carbons (Fsp3) is 0.143. The Morgan fingerprint density at radius 3 is 3.00 bits per heavy atom. The summed E-state index contributed by atoms with van der Waals surface area (Å²) in [6.45, 7) is 0. The molecule has 0 spiro atoms. The maximum atomic E-state index is 5.63. The van der Waals surface area contributed by atoms with Gasteiger partial charge >= 0.3 is 0 Å². The van der Waals surface area contributed by atoms with E-state index in [1.807, 2.05) is 11.6 Å². The van der Waals surface area contributed by atoms with Gasteiger partial charge in [0.05, 0.1) is 29.9 Å². The monoisotopic (exact) mass is 148 g/mol. The Hall–Kier alpha value is -1.58. The lowest BCUT2D eigenvalue weighted by atomic mass is 10.4. The molecule has 2 N–H and O–H groups in total. The average molecular weight is 148 g/mol. The van der Waals surface area contributed by atoms with Gasteiger partial charge in [-0.25, -0.2) is 4.98 Å². The summed E-state index contributed by atoms with van der Waals surface area (Å²) < 4.78 is 1.89. The molecule has 0 saturated carbocycles. The van der Waals surface area contributed by atoms with Crippen molar-refractivity contribution < 1.29 is 0 Å². The summed E-state index contributed by atoms with van der Waals surface area (Å²) in [7, 11) is 1.91. The molecule has 0 aromatic carbocycles. The standard InChI is InChI=1S/C7H8N4/c1-11-4-10-7-5(8)2-9-3-6(7)11/h2-4H,8H2,1H3. The van der Waals surface area contributed by atoms with Crippen molar-refractivity contribution in [3.05, 3.63) is 18.7 Å². The number of fused-ring (bicyclic) bond motifs is 1. The van der Waals surface area contributed by atoms with E-state index in [2.05, 4.69) is 9.97 Å². The molecule has 4 nitrogen and oxygen atoms in total. The number of imidazole rings is 1. The molecule has 2 aromatic heterocycles. The lowest BCUT2D eigenvalue weighted by Crippen LogP contribution is -1.89. The quantitative estimate of drug-likeness (QED) is 0.593. The zero-order valence-corrected chi connectivity index (χ0v) is 6.15. The van der Waals surface area contributed by atoms with Gasteiger partial charge in [0.1, 0.15) is 5.52 Å². The topological polar surface area (TPSA) is 56.7 Å². The highest BCUT2D eigenvalue weighted by molar-refractivity contribution is 5.85. The van der Waals surface area contributed by atoms with Crippen LogP contribution in [0.15, 0.2) is 18.7 Å². The molecule has 2 aromatic rings. The summed E-state index contributed by atoms with van der Waals surface area (Å²) in [5.74, 6) is 0. The van der Waals surface area contributed by atoms with Crippen molar-refractivity contribution in [1.29, 1.82) is 0 Å². The molecule has 2 rings (SSSR count). The van der Waals surface area contributed by atoms with Crippen LogP contribution in [0.2, 0.25) is 0 Å². The van der Waals surface area contributed by atoms with Crippen molar-refractivity contribution in [3.8, 4) is 0 Å². The van der Waals surface area contributed by atoms with Crippen molar-refractivity contribution in [3.63, 3.8) is 0 Å². The molecule has 0 aliphatic carbocycles. The fourth-order valence-electron chi connectivity index (χ4n) is 1.06. The number of aromatic nitrogens is 3. The highest BCUT2D eigenvalue weighted by Crippen LogP contribution is 2.15. The molecular weight excluding hydrogens is 140 g/mol. The van der Waals surface area contributed by atoms with Crippen LogP contribution in [0.5, 0.6) is 0 Å². The van der Waals surface area contributed by atoms with E-state index in [0.29, 0.717) is 5.69 Å². The van der Waals surface area contributed by atoms with Gasteiger partial charge < -0.3 is 10.3 Å². The fourth-order valence-corrected chi connectivity index (χ4v) is 1.06. The summed E-state index contributed by atoms with van der Waals surface area (Å²) in [4.78, 5) is 8.08. The molecule has 0 unspecified atom stereocenters. The van der Waals surface area contributed by atoms with Gasteiger partial charge in [0.2, 0.25) is 0 Å². The molecule has 0 aliphatic heterocycles. The average Bonchev–Trinajstić information content (AvgIpc) is 2.35. The molecule has 0 bridgehead atoms. The van der Waals surface area contributed by atoms with Gasteiger partial charge in [-0.05, 0) is 0 Å². The van der Waals surface area contributed by atoms with Gasteiger partial charge in [-0.2, -0.15) is 0 Å². The molecule has 56 valence electrons. The smallest absolute Gasteiger partial charge is 0.114 e. The van der Waals surface area contributed by atoms with E-state index in [9.17, 15) is 0 Å². The maximum absolute atomic E-state index is 5.63. The first-order chi connectivity index (χ1) is 5.29. The summed E-state index contributed by atoms with van der Waals surface area (Å²) in [5, 5.41) is 0. The Morgan fingerprint density at radius 1 is 1.45 bits per heavy atom. The van der Waals surface area contributed by atoms with Crippen LogP contribution in [0.25, 0.3) is 11.0 Å². The summed E-state index contributed by atoms with van der Waals surface area (Å²) in [6.07, 6.45) is 5.08. The molecule has 0 aliphatic rings. The highest BCUT2D eigenvalue weighted by atomic mass is 15.0. The van der Waals surface area contributed by atoms with Gasteiger partial charge in [0.15, 0.2) is 0 Å². The Morgan fingerprint density at radius 2 is 2.27 bits per heavy atom. The number of nitrogens with two attached hydrogens (primary N) is 1. The molecule has 0 amide bonds. The van der Waals surface area contributed by atoms with Crippen LogP contribution in [0.1, 0.15) is 0 Å². The van der Waals surface area contributed by atoms with E-state index in [-0.39, 0.29) is 0 Å². The van der Waals surface area contributed by atoms with E-state index in [0.717, 1.165) is 11.0 Å². The molecule has 11 heavy (non-hydrogen) atoms. The number of hydrogen-bond acceptors (Lipinski definition) is 3. The largest absolute Gasteiger partial charge is 0.396 e. The van der Waals surface area contributed by atoms with Gasteiger partial charge in [-0.15, -0.1) is 0 Å². The molecule has 0 fully saturated rings. The molecule has 0 atom stereocenters. The normalized spacial score (nSPS) is 10.6. The van der Waals surface area contributed by atoms with Crippen molar-refractivity contribution in [2.75, 3.05) is 5.73 Å². The van der Waals surface area contributed by atoms with Gasteiger partial charge in [0, 0.05) is 7.05 Å². The van der Waals surface area contributed by atoms with Crippen molar-refractivity contribution in [1.82, 2.24) is 14.5 Å². The number of aryl methyl sites for hydroxylation is 1. The summed E-state index contributed by atoms with van der Waals surface area (Å²) >= 11 is 0. The molecule has 0 saturated heterocycles. The third kappa shape index (κ3) is 0.756. The Kier molecular flexibility index (Phi) is 1.09. The van der Waals surface area contributed by atoms with Crippen molar-refractivity contribution in [2.24, 2.45) is 7.05 Å². The second-order valence-corrected chi connectivity index (χ2v) is 2.45. The zero-order valence-electron chi connectivity index (χ0n) is 6.15. The van der Waals surface area contributed by atoms with E-state index in [1.165, 1.54) is 0 Å². The van der Waals surface area contributed by atoms with Crippen LogP contribution < -0.4 is 5.73 Å². The van der Waals surface area contributed by atoms with Crippen molar-refractivity contribution in [2.45, 2.75) is 0 Å². The lowest BCUT2D eigenvalue weighted by Gasteiger charge is -1.94. The number of rotatable bonds is 0. The Bertz CT molecular complexity index is 390. The SMILES string of the molecule is Cn1cnc2c(N)cncc21. The van der Waals surface area contributed by atoms with E-state index < -0.39 is 0 Å². The lowest BCUT2D eigenvalue weighted by molar-refractivity contribution is 0.945. The molecule has 4 heteroatoms. The third-order valence-electron chi connectivity index (χ3n) is 1.67. The summed E-state index contributed by atoms with van der Waals surface area (Å²) in [5.41, 5.74) is 8.04. The predicted molar refractivity (Wildman–Crippen MR) is 42.9 cm³/mol. The summed E-state index contributed by atoms with van der Waals surface area (Å²) in [6, 6.07) is 0. The first-order valence-electron chi connectivity index (χ1n) is 3.29. The first-order valence-corrected chi connectivity index (χ1v) is 3.29. The number of hydrogen-bond donors (Lipinski definition) is 1. The predicted octanol–water partition coefficient (Wildman–Crippen LogP) is 0.550. The van der Waals surface area contributed by atoms with E-state index in [1.54, 1.807) is 18.7 Å². The van der Waals surface area contributed by atoms with Gasteiger partial charge in [0.25, 0.3) is 0 Å². The van der Waals surface area contributed by atoms with E-state index >= 15 is 0 Å². The number of nitrogen functional groups attached to an aromatic ring is 1. The third-order valence-corrected chi connectivity index (χ3v) is 1.67. The van der Waals surface area contributed by atoms with Crippen LogP contribution in [0.4, 0.5) is 5.69 Å². The maximum Gasteiger partial charge on any atom is 0.114 e. The molecular formula is C7H8N4. The van der Waals surface area contributed by atoms with Gasteiger partial charge in [-0.3, -0.25) is 4.98 Å². The van der Waals surface area contributed by atoms with Crippen molar-refractivity contribution >= 4 is 16.7 Å². The molecule has 0 radical (unpaired) electrons. The highest BCUT2D eigenvalue weighted by Gasteiger charge is 2.01. The van der Waals surface area contributed by atoms with E-state index in [4.69, 9.17) is 5.73 Å². The van der Waals surface area contributed by atoms with Crippen LogP contribution in [0.3, 0.4) is 0 Å².